The van der Waals surface area contributed by atoms with E-state index < -0.39 is 0 Å². The van der Waals surface area contributed by atoms with Crippen molar-refractivity contribution in [3.8, 4) is 0 Å². The predicted octanol–water partition coefficient (Wildman–Crippen LogP) is 2.83. The highest BCUT2D eigenvalue weighted by Gasteiger charge is 2.26. The predicted molar refractivity (Wildman–Crippen MR) is 49.5 cm³/mol. The van der Waals surface area contributed by atoms with E-state index in [0.29, 0.717) is 0 Å². The number of aliphatic hydroxyl groups excluding tert-OH is 1. The van der Waals surface area contributed by atoms with Crippen LogP contribution in [0.1, 0.15) is 48.0 Å². The molecule has 0 aliphatic heterocycles. The van der Waals surface area contributed by atoms with Crippen molar-refractivity contribution in [1.29, 1.82) is 0 Å². The van der Waals surface area contributed by atoms with Crippen molar-refractivity contribution in [3.63, 3.8) is 0 Å². The standard InChI is InChI=1S/C10H22O/c1-9(2,3)7-8(11)10(4,5)6/h8,11H,7H2,1-6H3/t8-/m1/s1. The first-order chi connectivity index (χ1) is 4.63. The molecular weight excluding hydrogens is 136 g/mol. The van der Waals surface area contributed by atoms with E-state index in [1.54, 1.807) is 0 Å². The van der Waals surface area contributed by atoms with Crippen LogP contribution < -0.4 is 0 Å². The molecule has 11 heavy (non-hydrogen) atoms. The van der Waals surface area contributed by atoms with Crippen molar-refractivity contribution in [3.05, 3.63) is 0 Å². The summed E-state index contributed by atoms with van der Waals surface area (Å²) in [6, 6.07) is 0. The lowest BCUT2D eigenvalue weighted by Crippen LogP contribution is -2.30. The zero-order valence-corrected chi connectivity index (χ0v) is 8.73. The summed E-state index contributed by atoms with van der Waals surface area (Å²) in [5.41, 5.74) is 0.250. The van der Waals surface area contributed by atoms with Crippen molar-refractivity contribution in [1.82, 2.24) is 0 Å². The SMILES string of the molecule is CC(C)(C)C[C@@H](O)C(C)(C)C. The molecule has 1 atom stereocenters. The molecule has 0 unspecified atom stereocenters. The summed E-state index contributed by atoms with van der Waals surface area (Å²) < 4.78 is 0. The van der Waals surface area contributed by atoms with Crippen LogP contribution in [0.5, 0.6) is 0 Å². The van der Waals surface area contributed by atoms with Gasteiger partial charge in [0.2, 0.25) is 0 Å². The van der Waals surface area contributed by atoms with Gasteiger partial charge >= 0.3 is 0 Å². The first-order valence-corrected chi connectivity index (χ1v) is 4.31. The smallest absolute Gasteiger partial charge is 0.0593 e. The Morgan fingerprint density at radius 1 is 1.00 bits per heavy atom. The fourth-order valence-corrected chi connectivity index (χ4v) is 0.886. The first-order valence-electron chi connectivity index (χ1n) is 4.31. The molecular formula is C10H22O. The van der Waals surface area contributed by atoms with Gasteiger partial charge in [-0.25, -0.2) is 0 Å². The van der Waals surface area contributed by atoms with Gasteiger partial charge in [0, 0.05) is 0 Å². The summed E-state index contributed by atoms with van der Waals surface area (Å²) in [7, 11) is 0. The second-order valence-corrected chi connectivity index (χ2v) is 5.65. The maximum absolute atomic E-state index is 9.72. The molecule has 0 spiro atoms. The molecule has 0 fully saturated rings. The van der Waals surface area contributed by atoms with E-state index in [4.69, 9.17) is 0 Å². The van der Waals surface area contributed by atoms with Crippen molar-refractivity contribution in [2.75, 3.05) is 0 Å². The first kappa shape index (κ1) is 11.0. The van der Waals surface area contributed by atoms with E-state index in [2.05, 4.69) is 41.5 Å². The zero-order chi connectivity index (χ0) is 9.28. The van der Waals surface area contributed by atoms with E-state index in [0.717, 1.165) is 6.42 Å². The number of rotatable bonds is 1. The Morgan fingerprint density at radius 3 is 1.45 bits per heavy atom. The van der Waals surface area contributed by atoms with Gasteiger partial charge < -0.3 is 5.11 Å². The lowest BCUT2D eigenvalue weighted by Gasteiger charge is -2.31. The van der Waals surface area contributed by atoms with Crippen LogP contribution in [0.2, 0.25) is 0 Å². The molecule has 0 aliphatic carbocycles. The zero-order valence-electron chi connectivity index (χ0n) is 8.73. The molecule has 0 aliphatic rings. The molecule has 0 amide bonds. The van der Waals surface area contributed by atoms with Crippen molar-refractivity contribution < 1.29 is 5.11 Å². The van der Waals surface area contributed by atoms with Crippen LogP contribution in [0.15, 0.2) is 0 Å². The van der Waals surface area contributed by atoms with Crippen LogP contribution in [0.3, 0.4) is 0 Å². The monoisotopic (exact) mass is 158 g/mol. The van der Waals surface area contributed by atoms with Gasteiger partial charge in [-0.2, -0.15) is 0 Å². The molecule has 1 N–H and O–H groups in total. The van der Waals surface area contributed by atoms with E-state index in [-0.39, 0.29) is 16.9 Å². The van der Waals surface area contributed by atoms with E-state index >= 15 is 0 Å². The second-order valence-electron chi connectivity index (χ2n) is 5.65. The third kappa shape index (κ3) is 5.25. The minimum absolute atomic E-state index is 0.0211. The van der Waals surface area contributed by atoms with E-state index in [9.17, 15) is 5.11 Å². The quantitative estimate of drug-likeness (QED) is 0.622. The van der Waals surface area contributed by atoms with Crippen molar-refractivity contribution in [2.45, 2.75) is 54.1 Å². The van der Waals surface area contributed by atoms with Gasteiger partial charge in [0.1, 0.15) is 0 Å². The van der Waals surface area contributed by atoms with Gasteiger partial charge in [-0.3, -0.25) is 0 Å². The Labute approximate surface area is 70.8 Å². The highest BCUT2D eigenvalue weighted by Crippen LogP contribution is 2.29. The van der Waals surface area contributed by atoms with Gasteiger partial charge in [0.25, 0.3) is 0 Å². The van der Waals surface area contributed by atoms with Gasteiger partial charge in [0.15, 0.2) is 0 Å². The van der Waals surface area contributed by atoms with E-state index in [1.807, 2.05) is 0 Å². The summed E-state index contributed by atoms with van der Waals surface area (Å²) in [5, 5.41) is 9.72. The van der Waals surface area contributed by atoms with Crippen LogP contribution in [0.4, 0.5) is 0 Å². The Bertz CT molecular complexity index is 114. The molecule has 0 rings (SSSR count). The topological polar surface area (TPSA) is 20.2 Å². The molecule has 0 saturated carbocycles. The Hall–Kier alpha value is -0.0400. The number of hydrogen-bond acceptors (Lipinski definition) is 1. The summed E-state index contributed by atoms with van der Waals surface area (Å²) in [6.07, 6.45) is 0.679. The Morgan fingerprint density at radius 2 is 1.36 bits per heavy atom. The third-order valence-electron chi connectivity index (χ3n) is 1.81. The van der Waals surface area contributed by atoms with Crippen LogP contribution in [-0.2, 0) is 0 Å². The lowest BCUT2D eigenvalue weighted by atomic mass is 9.79. The second kappa shape index (κ2) is 3.14. The molecule has 0 radical (unpaired) electrons. The molecule has 0 bridgehead atoms. The Kier molecular flexibility index (Phi) is 3.13. The fraction of sp³-hybridized carbons (Fsp3) is 1.00. The molecule has 0 heterocycles. The van der Waals surface area contributed by atoms with Crippen molar-refractivity contribution >= 4 is 0 Å². The van der Waals surface area contributed by atoms with Crippen molar-refractivity contribution in [2.24, 2.45) is 10.8 Å². The summed E-state index contributed by atoms with van der Waals surface area (Å²) in [6.45, 7) is 12.7. The molecule has 0 aromatic heterocycles. The summed E-state index contributed by atoms with van der Waals surface area (Å²) in [5.74, 6) is 0. The largest absolute Gasteiger partial charge is 0.393 e. The van der Waals surface area contributed by atoms with Gasteiger partial charge in [0.05, 0.1) is 6.10 Å². The molecule has 0 saturated heterocycles. The lowest BCUT2D eigenvalue weighted by molar-refractivity contribution is 0.0284. The van der Waals surface area contributed by atoms with Crippen LogP contribution in [-0.4, -0.2) is 11.2 Å². The molecule has 0 aromatic rings. The van der Waals surface area contributed by atoms with Crippen LogP contribution in [0, 0.1) is 10.8 Å². The van der Waals surface area contributed by atoms with E-state index in [1.165, 1.54) is 0 Å². The number of hydrogen-bond donors (Lipinski definition) is 1. The highest BCUT2D eigenvalue weighted by atomic mass is 16.3. The van der Waals surface area contributed by atoms with Crippen LogP contribution >= 0.6 is 0 Å². The molecule has 1 heteroatoms. The molecule has 1 nitrogen and oxygen atoms in total. The average molecular weight is 158 g/mol. The third-order valence-corrected chi connectivity index (χ3v) is 1.81. The fourth-order valence-electron chi connectivity index (χ4n) is 0.886. The molecule has 0 aromatic carbocycles. The average Bonchev–Trinajstić information content (AvgIpc) is 1.56. The number of aliphatic hydroxyl groups is 1. The maximum Gasteiger partial charge on any atom is 0.0593 e. The molecule has 68 valence electrons. The van der Waals surface area contributed by atoms with Gasteiger partial charge in [-0.15, -0.1) is 0 Å². The Balaban J connectivity index is 3.99. The summed E-state index contributed by atoms with van der Waals surface area (Å²) >= 11 is 0. The maximum atomic E-state index is 9.72. The minimum atomic E-state index is -0.192. The highest BCUT2D eigenvalue weighted by molar-refractivity contribution is 4.77. The normalized spacial score (nSPS) is 16.6. The minimum Gasteiger partial charge on any atom is -0.393 e. The van der Waals surface area contributed by atoms with Gasteiger partial charge in [-0.1, -0.05) is 41.5 Å². The summed E-state index contributed by atoms with van der Waals surface area (Å²) in [4.78, 5) is 0. The van der Waals surface area contributed by atoms with Crippen LogP contribution in [0.25, 0.3) is 0 Å². The van der Waals surface area contributed by atoms with Gasteiger partial charge in [-0.05, 0) is 17.3 Å².